The molecule has 5 heteroatoms. The zero-order chi connectivity index (χ0) is 13.4. The molecule has 1 heterocycles. The number of amides is 2. The van der Waals surface area contributed by atoms with Gasteiger partial charge in [-0.2, -0.15) is 0 Å². The third-order valence-corrected chi connectivity index (χ3v) is 3.18. The molecule has 96 valence electrons. The maximum atomic E-state index is 11.8. The number of carbonyl (C=O) groups excluding carboxylic acids is 2. The molecule has 5 nitrogen and oxygen atoms in total. The summed E-state index contributed by atoms with van der Waals surface area (Å²) in [6.45, 7) is 0.432. The second-order valence-corrected chi connectivity index (χ2v) is 4.32. The molecule has 2 aromatic rings. The highest BCUT2D eigenvalue weighted by Gasteiger charge is 2.25. The van der Waals surface area contributed by atoms with Crippen LogP contribution in [0, 0.1) is 0 Å². The number of rotatable bonds is 3. The maximum absolute atomic E-state index is 11.8. The van der Waals surface area contributed by atoms with E-state index in [0.29, 0.717) is 23.1 Å². The van der Waals surface area contributed by atoms with E-state index in [2.05, 4.69) is 10.6 Å². The molecule has 2 aromatic carbocycles. The maximum Gasteiger partial charge on any atom is 0.258 e. The minimum atomic E-state index is -0.373. The molecule has 0 atom stereocenters. The molecule has 0 saturated carbocycles. The van der Waals surface area contributed by atoms with Gasteiger partial charge >= 0.3 is 0 Å². The van der Waals surface area contributed by atoms with Gasteiger partial charge in [0.05, 0.1) is 6.61 Å². The summed E-state index contributed by atoms with van der Waals surface area (Å²) in [4.78, 5) is 23.6. The van der Waals surface area contributed by atoms with E-state index in [9.17, 15) is 9.59 Å². The van der Waals surface area contributed by atoms with Crippen molar-refractivity contribution in [1.29, 1.82) is 0 Å². The standard InChI is InChI=1S/C14H12N2O3/c17-7-6-15-11-5-4-10-12-8(11)2-1-3-9(12)13(18)16-14(10)19/h1-5,15,17H,6-7H2,(H,16,18,19). The van der Waals surface area contributed by atoms with Crippen molar-refractivity contribution >= 4 is 28.3 Å². The third-order valence-electron chi connectivity index (χ3n) is 3.18. The second-order valence-electron chi connectivity index (χ2n) is 4.32. The number of nitrogens with one attached hydrogen (secondary N) is 2. The fourth-order valence-corrected chi connectivity index (χ4v) is 2.37. The van der Waals surface area contributed by atoms with Crippen molar-refractivity contribution < 1.29 is 14.7 Å². The lowest BCUT2D eigenvalue weighted by molar-refractivity contribution is 0.0845. The van der Waals surface area contributed by atoms with Crippen molar-refractivity contribution in [3.05, 3.63) is 41.5 Å². The minimum Gasteiger partial charge on any atom is -0.395 e. The van der Waals surface area contributed by atoms with E-state index < -0.39 is 0 Å². The highest BCUT2D eigenvalue weighted by Crippen LogP contribution is 2.31. The summed E-state index contributed by atoms with van der Waals surface area (Å²) < 4.78 is 0. The van der Waals surface area contributed by atoms with E-state index in [1.807, 2.05) is 6.07 Å². The van der Waals surface area contributed by atoms with E-state index in [4.69, 9.17) is 5.11 Å². The molecule has 0 unspecified atom stereocenters. The molecule has 0 spiro atoms. The van der Waals surface area contributed by atoms with Gasteiger partial charge in [-0.15, -0.1) is 0 Å². The lowest BCUT2D eigenvalue weighted by Gasteiger charge is -2.18. The summed E-state index contributed by atoms with van der Waals surface area (Å²) in [6.07, 6.45) is 0. The predicted molar refractivity (Wildman–Crippen MR) is 71.3 cm³/mol. The summed E-state index contributed by atoms with van der Waals surface area (Å²) in [5.41, 5.74) is 1.80. The van der Waals surface area contributed by atoms with Crippen LogP contribution in [0.5, 0.6) is 0 Å². The van der Waals surface area contributed by atoms with Crippen molar-refractivity contribution in [3.8, 4) is 0 Å². The van der Waals surface area contributed by atoms with E-state index >= 15 is 0 Å². The monoisotopic (exact) mass is 256 g/mol. The van der Waals surface area contributed by atoms with Crippen molar-refractivity contribution in [2.24, 2.45) is 0 Å². The smallest absolute Gasteiger partial charge is 0.258 e. The van der Waals surface area contributed by atoms with Crippen LogP contribution >= 0.6 is 0 Å². The number of anilines is 1. The number of carbonyl (C=O) groups is 2. The van der Waals surface area contributed by atoms with Crippen LogP contribution in [0.2, 0.25) is 0 Å². The summed E-state index contributed by atoms with van der Waals surface area (Å²) in [7, 11) is 0. The van der Waals surface area contributed by atoms with Crippen LogP contribution in [0.25, 0.3) is 10.8 Å². The van der Waals surface area contributed by atoms with E-state index in [-0.39, 0.29) is 18.4 Å². The molecule has 1 aliphatic rings. The molecule has 0 radical (unpaired) electrons. The first-order valence-corrected chi connectivity index (χ1v) is 5.98. The average molecular weight is 256 g/mol. The van der Waals surface area contributed by atoms with Gasteiger partial charge in [0.1, 0.15) is 0 Å². The van der Waals surface area contributed by atoms with Gasteiger partial charge in [-0.1, -0.05) is 12.1 Å². The molecule has 19 heavy (non-hydrogen) atoms. The Hall–Kier alpha value is -2.40. The zero-order valence-electron chi connectivity index (χ0n) is 10.1. The second kappa shape index (κ2) is 4.37. The number of aliphatic hydroxyl groups excluding tert-OH is 1. The molecule has 0 fully saturated rings. The van der Waals surface area contributed by atoms with Gasteiger partial charge in [-0.25, -0.2) is 0 Å². The summed E-state index contributed by atoms with van der Waals surface area (Å²) in [6, 6.07) is 8.80. The van der Waals surface area contributed by atoms with Gasteiger partial charge in [0, 0.05) is 34.1 Å². The highest BCUT2D eigenvalue weighted by molar-refractivity contribution is 6.26. The predicted octanol–water partition coefficient (Wildman–Crippen LogP) is 1.13. The lowest BCUT2D eigenvalue weighted by atomic mass is 9.94. The van der Waals surface area contributed by atoms with Crippen LogP contribution in [0.3, 0.4) is 0 Å². The van der Waals surface area contributed by atoms with Gasteiger partial charge in [0.25, 0.3) is 11.8 Å². The first-order chi connectivity index (χ1) is 9.22. The largest absolute Gasteiger partial charge is 0.395 e. The molecule has 0 aliphatic carbocycles. The third kappa shape index (κ3) is 1.75. The summed E-state index contributed by atoms with van der Waals surface area (Å²) >= 11 is 0. The Morgan fingerprint density at radius 2 is 1.79 bits per heavy atom. The molecule has 0 saturated heterocycles. The zero-order valence-corrected chi connectivity index (χ0v) is 10.1. The van der Waals surface area contributed by atoms with E-state index in [0.717, 1.165) is 11.1 Å². The first kappa shape index (κ1) is 11.7. The molecular weight excluding hydrogens is 244 g/mol. The fraction of sp³-hybridized carbons (Fsp3) is 0.143. The number of aliphatic hydroxyl groups is 1. The molecule has 1 aliphatic heterocycles. The summed E-state index contributed by atoms with van der Waals surface area (Å²) in [5, 5.41) is 15.7. The molecule has 2 amide bonds. The van der Waals surface area contributed by atoms with E-state index in [1.165, 1.54) is 0 Å². The Bertz CT molecular complexity index is 674. The van der Waals surface area contributed by atoms with Crippen molar-refractivity contribution in [3.63, 3.8) is 0 Å². The fourth-order valence-electron chi connectivity index (χ4n) is 2.37. The quantitative estimate of drug-likeness (QED) is 0.719. The number of benzene rings is 2. The van der Waals surface area contributed by atoms with Crippen molar-refractivity contribution in [2.45, 2.75) is 0 Å². The molecule has 3 rings (SSSR count). The Balaban J connectivity index is 2.29. The Morgan fingerprint density at radius 3 is 2.53 bits per heavy atom. The molecule has 0 bridgehead atoms. The Labute approximate surface area is 109 Å². The van der Waals surface area contributed by atoms with Gasteiger partial charge in [-0.3, -0.25) is 14.9 Å². The van der Waals surface area contributed by atoms with Crippen LogP contribution in [0.1, 0.15) is 20.7 Å². The van der Waals surface area contributed by atoms with Gasteiger partial charge in [0.15, 0.2) is 0 Å². The van der Waals surface area contributed by atoms with Crippen molar-refractivity contribution in [1.82, 2.24) is 5.32 Å². The molecular formula is C14H12N2O3. The van der Waals surface area contributed by atoms with Gasteiger partial charge < -0.3 is 10.4 Å². The van der Waals surface area contributed by atoms with Crippen LogP contribution < -0.4 is 10.6 Å². The highest BCUT2D eigenvalue weighted by atomic mass is 16.3. The van der Waals surface area contributed by atoms with Gasteiger partial charge in [0.2, 0.25) is 0 Å². The normalized spacial score (nSPS) is 13.5. The van der Waals surface area contributed by atoms with Gasteiger partial charge in [-0.05, 0) is 18.2 Å². The Kier molecular flexibility index (Phi) is 2.68. The molecule has 3 N–H and O–H groups in total. The molecule has 0 aromatic heterocycles. The first-order valence-electron chi connectivity index (χ1n) is 5.98. The number of imide groups is 1. The average Bonchev–Trinajstić information content (AvgIpc) is 2.42. The van der Waals surface area contributed by atoms with Crippen LogP contribution in [0.15, 0.2) is 30.3 Å². The SMILES string of the molecule is O=C1NC(=O)c2ccc(NCCO)c3cccc1c23. The minimum absolute atomic E-state index is 0.0162. The van der Waals surface area contributed by atoms with E-state index in [1.54, 1.807) is 24.3 Å². The summed E-state index contributed by atoms with van der Waals surface area (Å²) in [5.74, 6) is -0.746. The topological polar surface area (TPSA) is 78.4 Å². The van der Waals surface area contributed by atoms with Crippen LogP contribution in [-0.2, 0) is 0 Å². The van der Waals surface area contributed by atoms with Crippen LogP contribution in [-0.4, -0.2) is 30.1 Å². The number of hydrogen-bond acceptors (Lipinski definition) is 4. The lowest BCUT2D eigenvalue weighted by Crippen LogP contribution is -2.34. The Morgan fingerprint density at radius 1 is 1.05 bits per heavy atom. The van der Waals surface area contributed by atoms with Crippen LogP contribution in [0.4, 0.5) is 5.69 Å². The van der Waals surface area contributed by atoms with Crippen molar-refractivity contribution in [2.75, 3.05) is 18.5 Å². The number of hydrogen-bond donors (Lipinski definition) is 3.